The fraction of sp³-hybridized carbons (Fsp3) is 0.190. The van der Waals surface area contributed by atoms with Crippen molar-refractivity contribution in [1.29, 1.82) is 0 Å². The van der Waals surface area contributed by atoms with Crippen molar-refractivity contribution < 1.29 is 8.42 Å². The molecule has 7 nitrogen and oxygen atoms in total. The van der Waals surface area contributed by atoms with Crippen LogP contribution < -0.4 is 4.72 Å². The van der Waals surface area contributed by atoms with Crippen molar-refractivity contribution in [3.8, 4) is 0 Å². The normalized spacial score (nSPS) is 12.9. The Kier molecular flexibility index (Phi) is 5.85. The van der Waals surface area contributed by atoms with E-state index in [1.54, 1.807) is 30.3 Å². The first kappa shape index (κ1) is 20.5. The van der Waals surface area contributed by atoms with E-state index < -0.39 is 10.0 Å². The van der Waals surface area contributed by atoms with Crippen molar-refractivity contribution in [2.45, 2.75) is 29.1 Å². The lowest BCUT2D eigenvalue weighted by Gasteiger charge is -2.17. The molecule has 0 amide bonds. The second-order valence-electron chi connectivity index (χ2n) is 6.84. The molecular formula is C21H21N5O2S2. The number of aryl methyl sites for hydroxylation is 2. The number of sulfonamides is 1. The summed E-state index contributed by atoms with van der Waals surface area (Å²) < 4.78 is 30.0. The number of rotatable bonds is 7. The van der Waals surface area contributed by atoms with E-state index in [2.05, 4.69) is 19.9 Å². The lowest BCUT2D eigenvalue weighted by atomic mass is 10.1. The Labute approximate surface area is 179 Å². The average Bonchev–Trinajstić information content (AvgIpc) is 3.15. The Balaban J connectivity index is 1.63. The Morgan fingerprint density at radius 1 is 1.00 bits per heavy atom. The van der Waals surface area contributed by atoms with Crippen LogP contribution in [0.3, 0.4) is 0 Å². The smallest absolute Gasteiger partial charge is 0.256 e. The maximum atomic E-state index is 12.7. The molecule has 30 heavy (non-hydrogen) atoms. The first-order valence-corrected chi connectivity index (χ1v) is 11.8. The summed E-state index contributed by atoms with van der Waals surface area (Å²) in [7, 11) is -3.62. The summed E-state index contributed by atoms with van der Waals surface area (Å²) in [6.07, 6.45) is 0. The molecule has 0 saturated carbocycles. The number of fused-ring (bicyclic) bond motifs is 1. The molecule has 154 valence electrons. The third-order valence-electron chi connectivity index (χ3n) is 4.59. The fourth-order valence-electron chi connectivity index (χ4n) is 3.17. The predicted molar refractivity (Wildman–Crippen MR) is 117 cm³/mol. The van der Waals surface area contributed by atoms with Gasteiger partial charge in [-0.1, -0.05) is 60.3 Å². The Bertz CT molecular complexity index is 1260. The Morgan fingerprint density at radius 3 is 2.37 bits per heavy atom. The molecule has 1 atom stereocenters. The van der Waals surface area contributed by atoms with Gasteiger partial charge >= 0.3 is 0 Å². The zero-order chi connectivity index (χ0) is 21.1. The first-order valence-electron chi connectivity index (χ1n) is 9.40. The molecule has 4 aromatic rings. The van der Waals surface area contributed by atoms with Gasteiger partial charge in [0.1, 0.15) is 0 Å². The van der Waals surface area contributed by atoms with Gasteiger partial charge in [0, 0.05) is 17.9 Å². The molecule has 1 N–H and O–H groups in total. The quantitative estimate of drug-likeness (QED) is 0.443. The van der Waals surface area contributed by atoms with Crippen LogP contribution in [0.4, 0.5) is 0 Å². The minimum Gasteiger partial charge on any atom is -0.259 e. The van der Waals surface area contributed by atoms with Crippen LogP contribution in [0.5, 0.6) is 0 Å². The summed E-state index contributed by atoms with van der Waals surface area (Å²) >= 11 is 1.46. The van der Waals surface area contributed by atoms with Gasteiger partial charge in [0.05, 0.1) is 10.1 Å². The summed E-state index contributed by atoms with van der Waals surface area (Å²) in [5.74, 6) is 0.534. The first-order chi connectivity index (χ1) is 14.4. The largest absolute Gasteiger partial charge is 0.259 e. The topological polar surface area (TPSA) is 89.2 Å². The zero-order valence-electron chi connectivity index (χ0n) is 16.6. The van der Waals surface area contributed by atoms with Gasteiger partial charge in [-0.15, -0.1) is 10.2 Å². The van der Waals surface area contributed by atoms with Gasteiger partial charge in [0.15, 0.2) is 5.16 Å². The molecule has 0 spiro atoms. The van der Waals surface area contributed by atoms with Crippen molar-refractivity contribution in [2.75, 3.05) is 6.54 Å². The van der Waals surface area contributed by atoms with E-state index >= 15 is 0 Å². The fourth-order valence-corrected chi connectivity index (χ4v) is 5.47. The molecule has 0 radical (unpaired) electrons. The maximum absolute atomic E-state index is 12.7. The van der Waals surface area contributed by atoms with Gasteiger partial charge in [-0.05, 0) is 37.6 Å². The summed E-state index contributed by atoms with van der Waals surface area (Å²) in [6, 6.07) is 20.1. The predicted octanol–water partition coefficient (Wildman–Crippen LogP) is 3.55. The molecule has 2 aromatic heterocycles. The van der Waals surface area contributed by atoms with Crippen molar-refractivity contribution in [3.05, 3.63) is 83.7 Å². The number of aromatic nitrogens is 4. The van der Waals surface area contributed by atoms with E-state index in [9.17, 15) is 8.42 Å². The van der Waals surface area contributed by atoms with Gasteiger partial charge < -0.3 is 0 Å². The number of nitrogens with zero attached hydrogens (tertiary/aromatic N) is 4. The number of nitrogens with one attached hydrogen (secondary N) is 1. The standard InChI is InChI=1S/C21H21N5O2S2/c1-15-13-16(2)26-20(23-15)24-25-21(26)29-19(17-9-5-3-6-10-17)14-22-30(27,28)18-11-7-4-8-12-18/h3-13,19,22H,14H2,1-2H3. The van der Waals surface area contributed by atoms with E-state index in [0.717, 1.165) is 17.0 Å². The van der Waals surface area contributed by atoms with E-state index in [1.165, 1.54) is 11.8 Å². The number of hydrogen-bond donors (Lipinski definition) is 1. The number of benzene rings is 2. The highest BCUT2D eigenvalue weighted by Crippen LogP contribution is 2.34. The summed E-state index contributed by atoms with van der Waals surface area (Å²) in [5.41, 5.74) is 2.84. The van der Waals surface area contributed by atoms with E-state index in [0.29, 0.717) is 10.9 Å². The molecule has 0 bridgehead atoms. The molecule has 2 heterocycles. The monoisotopic (exact) mass is 439 g/mol. The molecule has 9 heteroatoms. The zero-order valence-corrected chi connectivity index (χ0v) is 18.2. The summed E-state index contributed by atoms with van der Waals surface area (Å²) in [6.45, 7) is 4.10. The van der Waals surface area contributed by atoms with Crippen LogP contribution in [0.1, 0.15) is 22.2 Å². The highest BCUT2D eigenvalue weighted by molar-refractivity contribution is 7.99. The third kappa shape index (κ3) is 4.38. The third-order valence-corrected chi connectivity index (χ3v) is 7.23. The van der Waals surface area contributed by atoms with E-state index in [4.69, 9.17) is 0 Å². The summed E-state index contributed by atoms with van der Waals surface area (Å²) in [5, 5.41) is 8.96. The van der Waals surface area contributed by atoms with E-state index in [1.807, 2.05) is 54.6 Å². The van der Waals surface area contributed by atoms with Crippen LogP contribution in [0.2, 0.25) is 0 Å². The molecular weight excluding hydrogens is 418 g/mol. The Morgan fingerprint density at radius 2 is 1.67 bits per heavy atom. The molecule has 0 aliphatic carbocycles. The molecule has 0 aliphatic rings. The number of thioether (sulfide) groups is 1. The van der Waals surface area contributed by atoms with Gasteiger partial charge in [0.25, 0.3) is 5.78 Å². The van der Waals surface area contributed by atoms with Crippen molar-refractivity contribution >= 4 is 27.6 Å². The Hall–Kier alpha value is -2.75. The van der Waals surface area contributed by atoms with Crippen LogP contribution in [0.15, 0.2) is 76.8 Å². The van der Waals surface area contributed by atoms with E-state index in [-0.39, 0.29) is 16.7 Å². The molecule has 0 saturated heterocycles. The lowest BCUT2D eigenvalue weighted by Crippen LogP contribution is -2.27. The van der Waals surface area contributed by atoms with Crippen LogP contribution in [0.25, 0.3) is 5.78 Å². The van der Waals surface area contributed by atoms with Crippen LogP contribution in [-0.4, -0.2) is 34.5 Å². The minimum atomic E-state index is -3.62. The molecule has 0 fully saturated rings. The van der Waals surface area contributed by atoms with Gasteiger partial charge in [-0.2, -0.15) is 0 Å². The van der Waals surface area contributed by atoms with Crippen LogP contribution in [-0.2, 0) is 10.0 Å². The average molecular weight is 440 g/mol. The second-order valence-corrected chi connectivity index (χ2v) is 9.78. The van der Waals surface area contributed by atoms with Gasteiger partial charge in [-0.25, -0.2) is 18.1 Å². The van der Waals surface area contributed by atoms with Gasteiger partial charge in [0.2, 0.25) is 10.0 Å². The lowest BCUT2D eigenvalue weighted by molar-refractivity contribution is 0.581. The highest BCUT2D eigenvalue weighted by Gasteiger charge is 2.22. The minimum absolute atomic E-state index is 0.196. The molecule has 1 unspecified atom stereocenters. The summed E-state index contributed by atoms with van der Waals surface area (Å²) in [4.78, 5) is 4.67. The molecule has 4 rings (SSSR count). The highest BCUT2D eigenvalue weighted by atomic mass is 32.2. The maximum Gasteiger partial charge on any atom is 0.256 e. The SMILES string of the molecule is Cc1cc(C)n2c(SC(CNS(=O)(=O)c3ccccc3)c3ccccc3)nnc2n1. The second kappa shape index (κ2) is 8.55. The van der Waals surface area contributed by atoms with Gasteiger partial charge in [-0.3, -0.25) is 4.40 Å². The molecule has 2 aromatic carbocycles. The van der Waals surface area contributed by atoms with Crippen molar-refractivity contribution in [1.82, 2.24) is 24.3 Å². The molecule has 0 aliphatic heterocycles. The number of hydrogen-bond acceptors (Lipinski definition) is 6. The van der Waals surface area contributed by atoms with Crippen molar-refractivity contribution in [3.63, 3.8) is 0 Å². The van der Waals surface area contributed by atoms with Crippen LogP contribution in [0, 0.1) is 13.8 Å². The van der Waals surface area contributed by atoms with Crippen LogP contribution >= 0.6 is 11.8 Å². The van der Waals surface area contributed by atoms with Crippen molar-refractivity contribution in [2.24, 2.45) is 0 Å².